The number of amides is 3. The van der Waals surface area contributed by atoms with Crippen LogP contribution in [0.3, 0.4) is 0 Å². The van der Waals surface area contributed by atoms with E-state index in [1.807, 2.05) is 5.32 Å². The van der Waals surface area contributed by atoms with Gasteiger partial charge in [0, 0.05) is 4.88 Å². The molecule has 0 saturated carbocycles. The lowest BCUT2D eigenvalue weighted by Gasteiger charge is -2.16. The number of imide groups is 1. The molecule has 0 bridgehead atoms. The fourth-order valence-corrected chi connectivity index (χ4v) is 5.77. The van der Waals surface area contributed by atoms with Gasteiger partial charge in [0.25, 0.3) is 5.56 Å². The van der Waals surface area contributed by atoms with Crippen molar-refractivity contribution in [3.63, 3.8) is 0 Å². The Hall–Kier alpha value is -2.72. The molecule has 30 heavy (non-hydrogen) atoms. The van der Waals surface area contributed by atoms with Crippen molar-refractivity contribution in [2.75, 3.05) is 0 Å². The number of hydrogen-bond donors (Lipinski definition) is 2. The highest BCUT2D eigenvalue weighted by Crippen LogP contribution is 2.36. The fourth-order valence-electron chi connectivity index (χ4n) is 3.55. The molecule has 3 amide bonds. The highest BCUT2D eigenvalue weighted by Gasteiger charge is 2.26. The highest BCUT2D eigenvalue weighted by molar-refractivity contribution is 8.00. The third-order valence-corrected chi connectivity index (χ3v) is 7.19. The molecule has 1 aliphatic carbocycles. The maximum absolute atomic E-state index is 14.6. The number of nitrogens with one attached hydrogen (secondary N) is 1. The number of aromatic nitrogens is 2. The summed E-state index contributed by atoms with van der Waals surface area (Å²) in [6.45, 7) is 1.56. The van der Waals surface area contributed by atoms with E-state index in [1.165, 1.54) is 34.1 Å². The number of thioether (sulfide) groups is 1. The van der Waals surface area contributed by atoms with Crippen molar-refractivity contribution in [3.8, 4) is 5.69 Å². The molecule has 7 nitrogen and oxygen atoms in total. The van der Waals surface area contributed by atoms with Crippen molar-refractivity contribution >= 4 is 45.3 Å². The van der Waals surface area contributed by atoms with Crippen molar-refractivity contribution in [1.82, 2.24) is 14.9 Å². The average Bonchev–Trinajstić information content (AvgIpc) is 3.07. The van der Waals surface area contributed by atoms with Crippen LogP contribution in [0.1, 0.15) is 30.2 Å². The lowest BCUT2D eigenvalue weighted by molar-refractivity contribution is -0.119. The first kappa shape index (κ1) is 20.5. The molecule has 0 aliphatic heterocycles. The quantitative estimate of drug-likeness (QED) is 0.473. The molecular formula is C20H19FN4O3S2. The summed E-state index contributed by atoms with van der Waals surface area (Å²) in [6.07, 6.45) is 3.76. The van der Waals surface area contributed by atoms with Gasteiger partial charge in [-0.15, -0.1) is 11.3 Å². The van der Waals surface area contributed by atoms with E-state index in [2.05, 4.69) is 4.98 Å². The third kappa shape index (κ3) is 3.72. The zero-order chi connectivity index (χ0) is 21.4. The Morgan fingerprint density at radius 2 is 2.03 bits per heavy atom. The largest absolute Gasteiger partial charge is 0.351 e. The smallest absolute Gasteiger partial charge is 0.318 e. The number of halogens is 1. The molecule has 3 aromatic rings. The van der Waals surface area contributed by atoms with E-state index < -0.39 is 23.0 Å². The van der Waals surface area contributed by atoms with Crippen LogP contribution in [-0.4, -0.2) is 26.7 Å². The normalized spacial score (nSPS) is 14.3. The van der Waals surface area contributed by atoms with Crippen LogP contribution < -0.4 is 16.6 Å². The van der Waals surface area contributed by atoms with Gasteiger partial charge in [-0.25, -0.2) is 14.2 Å². The molecule has 0 unspecified atom stereocenters. The summed E-state index contributed by atoms with van der Waals surface area (Å²) in [7, 11) is 0. The Morgan fingerprint density at radius 3 is 2.77 bits per heavy atom. The molecular weight excluding hydrogens is 427 g/mol. The van der Waals surface area contributed by atoms with E-state index in [-0.39, 0.29) is 16.4 Å². The van der Waals surface area contributed by atoms with Gasteiger partial charge >= 0.3 is 6.03 Å². The molecule has 2 aromatic heterocycles. The summed E-state index contributed by atoms with van der Waals surface area (Å²) in [6, 6.07) is 4.98. The van der Waals surface area contributed by atoms with E-state index in [9.17, 15) is 18.8 Å². The van der Waals surface area contributed by atoms with Gasteiger partial charge in [-0.1, -0.05) is 23.9 Å². The Balaban J connectivity index is 1.91. The van der Waals surface area contributed by atoms with Crippen LogP contribution in [0.15, 0.2) is 34.2 Å². The van der Waals surface area contributed by atoms with Gasteiger partial charge in [0.1, 0.15) is 10.6 Å². The zero-order valence-electron chi connectivity index (χ0n) is 16.1. The second kappa shape index (κ2) is 8.19. The zero-order valence-corrected chi connectivity index (χ0v) is 17.7. The van der Waals surface area contributed by atoms with Crippen LogP contribution in [0.5, 0.6) is 0 Å². The number of hydrogen-bond acceptors (Lipinski definition) is 6. The number of rotatable bonds is 4. The van der Waals surface area contributed by atoms with Gasteiger partial charge in [-0.2, -0.15) is 0 Å². The van der Waals surface area contributed by atoms with Crippen LogP contribution in [-0.2, 0) is 17.6 Å². The Labute approximate surface area is 179 Å². The minimum Gasteiger partial charge on any atom is -0.351 e. The summed E-state index contributed by atoms with van der Waals surface area (Å²) in [5.41, 5.74) is 5.74. The fraction of sp³-hybridized carbons (Fsp3) is 0.300. The van der Waals surface area contributed by atoms with Crippen LogP contribution in [0, 0.1) is 5.82 Å². The number of carbonyl (C=O) groups is 2. The SMILES string of the molecule is C[C@H](Sc1nc2sc3c(c2c(=O)n1-c1ccccc1F)CCCC3)C(=O)NC(N)=O. The third-order valence-electron chi connectivity index (χ3n) is 4.95. The minimum atomic E-state index is -0.965. The van der Waals surface area contributed by atoms with Crippen molar-refractivity contribution in [2.24, 2.45) is 5.73 Å². The predicted molar refractivity (Wildman–Crippen MR) is 115 cm³/mol. The van der Waals surface area contributed by atoms with Crippen LogP contribution >= 0.6 is 23.1 Å². The van der Waals surface area contributed by atoms with Crippen molar-refractivity contribution in [2.45, 2.75) is 43.0 Å². The topological polar surface area (TPSA) is 107 Å². The summed E-state index contributed by atoms with van der Waals surface area (Å²) in [4.78, 5) is 43.1. The molecule has 1 atom stereocenters. The van der Waals surface area contributed by atoms with Gasteiger partial charge in [0.05, 0.1) is 16.3 Å². The van der Waals surface area contributed by atoms with Crippen LogP contribution in [0.4, 0.5) is 9.18 Å². The summed E-state index contributed by atoms with van der Waals surface area (Å²) in [5, 5.41) is 1.94. The number of fused-ring (bicyclic) bond motifs is 3. The maximum atomic E-state index is 14.6. The number of thiophene rings is 1. The number of carbonyl (C=O) groups excluding carboxylic acids is 2. The first-order chi connectivity index (χ1) is 14.4. The van der Waals surface area contributed by atoms with Gasteiger partial charge in [0.15, 0.2) is 5.16 Å². The second-order valence-electron chi connectivity index (χ2n) is 6.99. The molecule has 0 fully saturated rings. The van der Waals surface area contributed by atoms with E-state index >= 15 is 0 Å². The number of urea groups is 1. The van der Waals surface area contributed by atoms with E-state index in [1.54, 1.807) is 13.0 Å². The van der Waals surface area contributed by atoms with Gasteiger partial charge < -0.3 is 5.73 Å². The lowest BCUT2D eigenvalue weighted by atomic mass is 9.97. The molecule has 2 heterocycles. The number of aryl methyl sites for hydroxylation is 2. The van der Waals surface area contributed by atoms with Crippen molar-refractivity contribution in [3.05, 3.63) is 50.9 Å². The first-order valence-corrected chi connectivity index (χ1v) is 11.2. The molecule has 10 heteroatoms. The average molecular weight is 447 g/mol. The number of nitrogens with two attached hydrogens (primary N) is 1. The first-order valence-electron chi connectivity index (χ1n) is 9.46. The molecule has 3 N–H and O–H groups in total. The number of benzene rings is 1. The van der Waals surface area contributed by atoms with Crippen LogP contribution in [0.2, 0.25) is 0 Å². The van der Waals surface area contributed by atoms with E-state index in [0.29, 0.717) is 10.2 Å². The molecule has 0 radical (unpaired) electrons. The molecule has 4 rings (SSSR count). The lowest BCUT2D eigenvalue weighted by Crippen LogP contribution is -2.39. The molecule has 1 aliphatic rings. The molecule has 0 spiro atoms. The summed E-state index contributed by atoms with van der Waals surface area (Å²) in [5.74, 6) is -1.19. The Kier molecular flexibility index (Phi) is 5.61. The standard InChI is InChI=1S/C20H19FN4O3S2/c1-10(16(26)23-19(22)28)29-20-24-17-15(11-6-2-5-9-14(11)30-17)18(27)25(20)13-8-4-3-7-12(13)21/h3-4,7-8,10H,2,5-6,9H2,1H3,(H3,22,23,26,28)/t10-/m0/s1. The van der Waals surface area contributed by atoms with Crippen molar-refractivity contribution in [1.29, 1.82) is 0 Å². The molecule has 1 aromatic carbocycles. The Bertz CT molecular complexity index is 1220. The van der Waals surface area contributed by atoms with E-state index in [0.717, 1.165) is 47.9 Å². The maximum Gasteiger partial charge on any atom is 0.318 e. The van der Waals surface area contributed by atoms with Gasteiger partial charge in [0.2, 0.25) is 5.91 Å². The summed E-state index contributed by atoms with van der Waals surface area (Å²) >= 11 is 2.45. The number of primary amides is 1. The van der Waals surface area contributed by atoms with Gasteiger partial charge in [-0.05, 0) is 50.3 Å². The second-order valence-corrected chi connectivity index (χ2v) is 9.38. The monoisotopic (exact) mass is 446 g/mol. The van der Waals surface area contributed by atoms with Gasteiger partial charge in [-0.3, -0.25) is 19.5 Å². The molecule has 156 valence electrons. The predicted octanol–water partition coefficient (Wildman–Crippen LogP) is 3.14. The van der Waals surface area contributed by atoms with Crippen LogP contribution in [0.25, 0.3) is 15.9 Å². The molecule has 0 saturated heterocycles. The highest BCUT2D eigenvalue weighted by atomic mass is 32.2. The van der Waals surface area contributed by atoms with E-state index in [4.69, 9.17) is 5.73 Å². The Morgan fingerprint density at radius 1 is 1.30 bits per heavy atom. The van der Waals surface area contributed by atoms with Crippen molar-refractivity contribution < 1.29 is 14.0 Å². The summed E-state index contributed by atoms with van der Waals surface area (Å²) < 4.78 is 15.9. The number of para-hydroxylation sites is 1. The minimum absolute atomic E-state index is 0.0673. The number of nitrogens with zero attached hydrogens (tertiary/aromatic N) is 2.